The Bertz CT molecular complexity index is 994. The van der Waals surface area contributed by atoms with E-state index in [1.807, 2.05) is 25.1 Å². The van der Waals surface area contributed by atoms with Crippen molar-refractivity contribution in [3.05, 3.63) is 46.8 Å². The minimum Gasteiger partial charge on any atom is -0.382 e. The number of primary amides is 1. The Morgan fingerprint density at radius 2 is 1.87 bits per heavy atom. The number of rotatable bonds is 4. The van der Waals surface area contributed by atoms with E-state index in [1.165, 1.54) is 12.8 Å². The van der Waals surface area contributed by atoms with E-state index in [9.17, 15) is 9.59 Å². The molecule has 0 saturated heterocycles. The summed E-state index contributed by atoms with van der Waals surface area (Å²) in [6.45, 7) is 8.60. The molecule has 5 nitrogen and oxygen atoms in total. The van der Waals surface area contributed by atoms with E-state index in [2.05, 4.69) is 36.9 Å². The monoisotopic (exact) mass is 407 g/mol. The number of aromatic nitrogens is 1. The van der Waals surface area contributed by atoms with Gasteiger partial charge in [-0.3, -0.25) is 9.59 Å². The molecule has 1 aromatic heterocycles. The van der Waals surface area contributed by atoms with E-state index in [0.717, 1.165) is 53.4 Å². The van der Waals surface area contributed by atoms with Gasteiger partial charge in [-0.1, -0.05) is 20.8 Å². The maximum atomic E-state index is 12.8. The highest BCUT2D eigenvalue weighted by Crippen LogP contribution is 2.38. The predicted molar refractivity (Wildman–Crippen MR) is 120 cm³/mol. The zero-order valence-electron chi connectivity index (χ0n) is 18.5. The van der Waals surface area contributed by atoms with E-state index in [4.69, 9.17) is 5.73 Å². The highest BCUT2D eigenvalue weighted by molar-refractivity contribution is 6.01. The molecule has 0 unspecified atom stereocenters. The van der Waals surface area contributed by atoms with E-state index in [1.54, 1.807) is 0 Å². The van der Waals surface area contributed by atoms with Crippen molar-refractivity contribution < 1.29 is 9.59 Å². The van der Waals surface area contributed by atoms with Crippen molar-refractivity contribution in [3.63, 3.8) is 0 Å². The van der Waals surface area contributed by atoms with Crippen molar-refractivity contribution >= 4 is 17.4 Å². The average molecular weight is 408 g/mol. The average Bonchev–Trinajstić information content (AvgIpc) is 2.98. The summed E-state index contributed by atoms with van der Waals surface area (Å²) in [5, 5.41) is 3.59. The number of amides is 1. The highest BCUT2D eigenvalue weighted by atomic mass is 16.1. The molecule has 0 atom stereocenters. The predicted octanol–water partition coefficient (Wildman–Crippen LogP) is 5.03. The van der Waals surface area contributed by atoms with Gasteiger partial charge in [0.25, 0.3) is 5.91 Å². The Hall–Kier alpha value is -2.56. The second-order valence-corrected chi connectivity index (χ2v) is 10.1. The van der Waals surface area contributed by atoms with Gasteiger partial charge in [-0.15, -0.1) is 0 Å². The number of fused-ring (bicyclic) bond motifs is 1. The number of carbonyl (C=O) groups excluding carboxylic acids is 2. The summed E-state index contributed by atoms with van der Waals surface area (Å²) in [5.74, 6) is 0.566. The van der Waals surface area contributed by atoms with Gasteiger partial charge in [0, 0.05) is 41.3 Å². The summed E-state index contributed by atoms with van der Waals surface area (Å²) >= 11 is 0. The van der Waals surface area contributed by atoms with Crippen LogP contribution in [0.2, 0.25) is 0 Å². The van der Waals surface area contributed by atoms with Crippen LogP contribution >= 0.6 is 0 Å². The smallest absolute Gasteiger partial charge is 0.250 e. The van der Waals surface area contributed by atoms with Crippen LogP contribution in [0.25, 0.3) is 5.69 Å². The first-order valence-corrected chi connectivity index (χ1v) is 11.1. The summed E-state index contributed by atoms with van der Waals surface area (Å²) in [7, 11) is 0. The quantitative estimate of drug-likeness (QED) is 0.746. The van der Waals surface area contributed by atoms with Crippen LogP contribution in [0, 0.1) is 18.3 Å². The third kappa shape index (κ3) is 3.90. The first-order valence-electron chi connectivity index (χ1n) is 11.1. The van der Waals surface area contributed by atoms with Gasteiger partial charge in [0.05, 0.1) is 5.56 Å². The summed E-state index contributed by atoms with van der Waals surface area (Å²) in [6.07, 6.45) is 8.08. The lowest BCUT2D eigenvalue weighted by Gasteiger charge is -2.30. The molecule has 0 bridgehead atoms. The molecule has 2 aliphatic rings. The zero-order valence-corrected chi connectivity index (χ0v) is 18.5. The molecule has 1 saturated carbocycles. The summed E-state index contributed by atoms with van der Waals surface area (Å²) in [4.78, 5) is 24.8. The molecular weight excluding hydrogens is 374 g/mol. The molecule has 160 valence electrons. The fourth-order valence-electron chi connectivity index (χ4n) is 5.15. The normalized spacial score (nSPS) is 23.1. The Balaban J connectivity index is 1.73. The fraction of sp³-hybridized carbons (Fsp3) is 0.520. The van der Waals surface area contributed by atoms with E-state index in [0.29, 0.717) is 18.0 Å². The first kappa shape index (κ1) is 20.7. The maximum absolute atomic E-state index is 12.8. The SMILES string of the molecule is Cc1cn(-c2ccc(C(N)=O)c(NC3CCC(C)CC3)c2)c2c1C(=O)CC(C)(C)C2. The minimum absolute atomic E-state index is 0.0559. The van der Waals surface area contributed by atoms with Crippen LogP contribution in [0.3, 0.4) is 0 Å². The summed E-state index contributed by atoms with van der Waals surface area (Å²) < 4.78 is 2.13. The molecule has 2 aliphatic carbocycles. The van der Waals surface area contributed by atoms with Crippen molar-refractivity contribution in [1.82, 2.24) is 4.57 Å². The van der Waals surface area contributed by atoms with Crippen LogP contribution in [0.4, 0.5) is 5.69 Å². The number of benzene rings is 1. The molecule has 1 fully saturated rings. The van der Waals surface area contributed by atoms with Crippen molar-refractivity contribution in [2.24, 2.45) is 17.1 Å². The molecule has 30 heavy (non-hydrogen) atoms. The van der Waals surface area contributed by atoms with Crippen molar-refractivity contribution in [3.8, 4) is 5.69 Å². The van der Waals surface area contributed by atoms with E-state index < -0.39 is 5.91 Å². The van der Waals surface area contributed by atoms with Crippen molar-refractivity contribution in [1.29, 1.82) is 0 Å². The topological polar surface area (TPSA) is 77.1 Å². The molecule has 1 amide bonds. The van der Waals surface area contributed by atoms with Crippen molar-refractivity contribution in [2.75, 3.05) is 5.32 Å². The van der Waals surface area contributed by atoms with Crippen LogP contribution in [0.5, 0.6) is 0 Å². The third-order valence-corrected chi connectivity index (χ3v) is 6.78. The molecule has 0 spiro atoms. The number of hydrogen-bond acceptors (Lipinski definition) is 3. The second-order valence-electron chi connectivity index (χ2n) is 10.1. The Kier molecular flexibility index (Phi) is 5.25. The summed E-state index contributed by atoms with van der Waals surface area (Å²) in [6, 6.07) is 6.11. The maximum Gasteiger partial charge on any atom is 0.250 e. The number of hydrogen-bond donors (Lipinski definition) is 2. The Labute approximate surface area is 179 Å². The van der Waals surface area contributed by atoms with Gasteiger partial charge in [-0.05, 0) is 74.1 Å². The fourth-order valence-corrected chi connectivity index (χ4v) is 5.15. The lowest BCUT2D eigenvalue weighted by atomic mass is 9.75. The number of nitrogens with zero attached hydrogens (tertiary/aromatic N) is 1. The van der Waals surface area contributed by atoms with Crippen molar-refractivity contribution in [2.45, 2.75) is 72.3 Å². The number of anilines is 1. The molecule has 5 heteroatoms. The Morgan fingerprint density at radius 3 is 2.53 bits per heavy atom. The van der Waals surface area contributed by atoms with Crippen LogP contribution in [-0.2, 0) is 6.42 Å². The standard InChI is InChI=1S/C25H33N3O2/c1-15-5-7-17(8-6-15)27-20-11-18(9-10-19(20)24(26)30)28-14-16(2)23-21(28)12-25(3,4)13-22(23)29/h9-11,14-15,17,27H,5-8,12-13H2,1-4H3,(H2,26,30). The number of nitrogens with two attached hydrogens (primary N) is 1. The van der Waals surface area contributed by atoms with Crippen LogP contribution < -0.4 is 11.1 Å². The molecule has 0 aliphatic heterocycles. The molecule has 0 radical (unpaired) electrons. The molecule has 1 heterocycles. The van der Waals surface area contributed by atoms with Gasteiger partial charge < -0.3 is 15.6 Å². The Morgan fingerprint density at radius 1 is 1.17 bits per heavy atom. The molecular formula is C25H33N3O2. The van der Waals surface area contributed by atoms with Gasteiger partial charge in [0.1, 0.15) is 0 Å². The van der Waals surface area contributed by atoms with Crippen LogP contribution in [0.15, 0.2) is 24.4 Å². The molecule has 1 aromatic carbocycles. The molecule has 4 rings (SSSR count). The minimum atomic E-state index is -0.421. The van der Waals surface area contributed by atoms with Gasteiger partial charge in [0.15, 0.2) is 5.78 Å². The lowest BCUT2D eigenvalue weighted by Crippen LogP contribution is -2.28. The van der Waals surface area contributed by atoms with Crippen LogP contribution in [0.1, 0.15) is 84.8 Å². The van der Waals surface area contributed by atoms with Gasteiger partial charge in [-0.25, -0.2) is 0 Å². The second kappa shape index (κ2) is 7.60. The van der Waals surface area contributed by atoms with E-state index in [-0.39, 0.29) is 11.2 Å². The van der Waals surface area contributed by atoms with E-state index >= 15 is 0 Å². The lowest BCUT2D eigenvalue weighted by molar-refractivity contribution is 0.0909. The summed E-state index contributed by atoms with van der Waals surface area (Å²) in [5.41, 5.74) is 10.8. The molecule has 2 aromatic rings. The van der Waals surface area contributed by atoms with Crippen LogP contribution in [-0.4, -0.2) is 22.3 Å². The highest BCUT2D eigenvalue weighted by Gasteiger charge is 2.35. The number of Topliss-reactive ketones (excluding diaryl/α,β-unsaturated/α-hetero) is 1. The first-order chi connectivity index (χ1) is 14.1. The van der Waals surface area contributed by atoms with Gasteiger partial charge >= 0.3 is 0 Å². The number of carbonyl (C=O) groups is 2. The van der Waals surface area contributed by atoms with Gasteiger partial charge in [0.2, 0.25) is 0 Å². The zero-order chi connectivity index (χ0) is 21.6. The number of nitrogens with one attached hydrogen (secondary N) is 1. The third-order valence-electron chi connectivity index (χ3n) is 6.78. The van der Waals surface area contributed by atoms with Gasteiger partial charge in [-0.2, -0.15) is 0 Å². The number of ketones is 1. The largest absolute Gasteiger partial charge is 0.382 e. The molecule has 3 N–H and O–H groups in total. The number of aryl methyl sites for hydroxylation is 1.